The highest BCUT2D eigenvalue weighted by atomic mass is 16.5. The average Bonchev–Trinajstić information content (AvgIpc) is 2.24. The third-order valence-corrected chi connectivity index (χ3v) is 3.19. The van der Waals surface area contributed by atoms with Crippen LogP contribution in [0.5, 0.6) is 0 Å². The number of methoxy groups -OCH3 is 1. The number of hydrogen-bond donors (Lipinski definition) is 1. The minimum Gasteiger partial charge on any atom is -0.380 e. The fourth-order valence-corrected chi connectivity index (χ4v) is 2.09. The Bertz CT molecular complexity index is 324. The molecule has 2 heteroatoms. The molecule has 15 heavy (non-hydrogen) atoms. The maximum atomic E-state index is 5.19. The Kier molecular flexibility index (Phi) is 3.39. The Labute approximate surface area is 91.6 Å². The zero-order valence-corrected chi connectivity index (χ0v) is 9.49. The molecule has 1 aromatic rings. The molecule has 2 nitrogen and oxygen atoms in total. The van der Waals surface area contributed by atoms with Crippen molar-refractivity contribution in [2.24, 2.45) is 0 Å². The van der Waals surface area contributed by atoms with Crippen molar-refractivity contribution in [3.8, 4) is 0 Å². The van der Waals surface area contributed by atoms with Crippen LogP contribution < -0.4 is 5.32 Å². The fraction of sp³-hybridized carbons (Fsp3) is 0.538. The molecule has 0 aromatic heterocycles. The number of nitrogens with one attached hydrogen (secondary N) is 1. The van der Waals surface area contributed by atoms with E-state index in [-0.39, 0.29) is 0 Å². The predicted molar refractivity (Wildman–Crippen MR) is 62.2 cm³/mol. The second kappa shape index (κ2) is 4.77. The van der Waals surface area contributed by atoms with Gasteiger partial charge in [-0.1, -0.05) is 24.3 Å². The first-order valence-corrected chi connectivity index (χ1v) is 5.62. The van der Waals surface area contributed by atoms with Gasteiger partial charge in [0.15, 0.2) is 0 Å². The molecule has 82 valence electrons. The minimum absolute atomic E-state index is 0.306. The molecule has 1 N–H and O–H groups in total. The average molecular weight is 205 g/mol. The van der Waals surface area contributed by atoms with Crippen LogP contribution in [0.3, 0.4) is 0 Å². The summed E-state index contributed by atoms with van der Waals surface area (Å²) in [6, 6.07) is 8.72. The number of rotatable bonds is 5. The van der Waals surface area contributed by atoms with Gasteiger partial charge < -0.3 is 10.1 Å². The van der Waals surface area contributed by atoms with Crippen molar-refractivity contribution in [2.75, 3.05) is 20.2 Å². The topological polar surface area (TPSA) is 21.3 Å². The standard InChI is InChI=1S/C13H19NO/c1-10(15-2)8-14-9-12-7-11-5-3-4-6-13(11)12/h3-6,10,12,14H,7-9H2,1-2H3. The van der Waals surface area contributed by atoms with Crippen LogP contribution in [0, 0.1) is 0 Å². The molecular formula is C13H19NO. The Hall–Kier alpha value is -0.860. The summed E-state index contributed by atoms with van der Waals surface area (Å²) in [5, 5.41) is 3.45. The zero-order valence-electron chi connectivity index (χ0n) is 9.49. The van der Waals surface area contributed by atoms with E-state index in [4.69, 9.17) is 4.74 Å². The first-order valence-electron chi connectivity index (χ1n) is 5.62. The second-order valence-electron chi connectivity index (χ2n) is 4.30. The third-order valence-electron chi connectivity index (χ3n) is 3.19. The molecule has 2 atom stereocenters. The van der Waals surface area contributed by atoms with Crippen molar-refractivity contribution in [1.29, 1.82) is 0 Å². The van der Waals surface area contributed by atoms with Crippen LogP contribution in [-0.2, 0) is 11.2 Å². The first kappa shape index (κ1) is 10.7. The molecule has 1 aliphatic rings. The van der Waals surface area contributed by atoms with Crippen LogP contribution in [-0.4, -0.2) is 26.3 Å². The highest BCUT2D eigenvalue weighted by Crippen LogP contribution is 2.33. The molecule has 0 bridgehead atoms. The number of fused-ring (bicyclic) bond motifs is 1. The minimum atomic E-state index is 0.306. The number of ether oxygens (including phenoxy) is 1. The van der Waals surface area contributed by atoms with Crippen LogP contribution in [0.15, 0.2) is 24.3 Å². The molecule has 0 aliphatic heterocycles. The van der Waals surface area contributed by atoms with Crippen LogP contribution in [0.1, 0.15) is 24.0 Å². The van der Waals surface area contributed by atoms with Crippen molar-refractivity contribution < 1.29 is 4.74 Å². The summed E-state index contributed by atoms with van der Waals surface area (Å²) in [5.41, 5.74) is 3.04. The largest absolute Gasteiger partial charge is 0.380 e. The summed E-state index contributed by atoms with van der Waals surface area (Å²) in [6.45, 7) is 4.10. The second-order valence-corrected chi connectivity index (χ2v) is 4.30. The van der Waals surface area contributed by atoms with Crippen molar-refractivity contribution in [2.45, 2.75) is 25.4 Å². The van der Waals surface area contributed by atoms with Crippen molar-refractivity contribution in [1.82, 2.24) is 5.32 Å². The van der Waals surface area contributed by atoms with Gasteiger partial charge in [-0.2, -0.15) is 0 Å². The molecule has 0 radical (unpaired) electrons. The highest BCUT2D eigenvalue weighted by molar-refractivity contribution is 5.40. The van der Waals surface area contributed by atoms with Gasteiger partial charge in [-0.15, -0.1) is 0 Å². The van der Waals surface area contributed by atoms with Crippen LogP contribution in [0.2, 0.25) is 0 Å². The van der Waals surface area contributed by atoms with Gasteiger partial charge in [0.2, 0.25) is 0 Å². The maximum absolute atomic E-state index is 5.19. The molecule has 0 saturated heterocycles. The third kappa shape index (κ3) is 2.39. The van der Waals surface area contributed by atoms with E-state index in [1.165, 1.54) is 17.5 Å². The fourth-order valence-electron chi connectivity index (χ4n) is 2.09. The van der Waals surface area contributed by atoms with Crippen LogP contribution in [0.4, 0.5) is 0 Å². The van der Waals surface area contributed by atoms with Crippen LogP contribution >= 0.6 is 0 Å². The van der Waals surface area contributed by atoms with Gasteiger partial charge in [0, 0.05) is 26.1 Å². The van der Waals surface area contributed by atoms with Gasteiger partial charge in [-0.05, 0) is 24.5 Å². The SMILES string of the molecule is COC(C)CNCC1Cc2ccccc21. The first-order chi connectivity index (χ1) is 7.31. The van der Waals surface area contributed by atoms with E-state index in [9.17, 15) is 0 Å². The summed E-state index contributed by atoms with van der Waals surface area (Å²) in [5.74, 6) is 0.713. The van der Waals surface area contributed by atoms with E-state index < -0.39 is 0 Å². The summed E-state index contributed by atoms with van der Waals surface area (Å²) < 4.78 is 5.19. The summed E-state index contributed by atoms with van der Waals surface area (Å²) >= 11 is 0. The van der Waals surface area contributed by atoms with E-state index in [1.54, 1.807) is 7.11 Å². The van der Waals surface area contributed by atoms with Gasteiger partial charge in [0.25, 0.3) is 0 Å². The molecular weight excluding hydrogens is 186 g/mol. The molecule has 0 heterocycles. The number of hydrogen-bond acceptors (Lipinski definition) is 2. The quantitative estimate of drug-likeness (QED) is 0.793. The van der Waals surface area contributed by atoms with E-state index in [1.807, 2.05) is 0 Å². The van der Waals surface area contributed by atoms with Gasteiger partial charge in [0.05, 0.1) is 6.10 Å². The normalized spacial score (nSPS) is 20.5. The maximum Gasteiger partial charge on any atom is 0.0667 e. The number of benzene rings is 1. The predicted octanol–water partition coefficient (Wildman–Crippen LogP) is 1.95. The van der Waals surface area contributed by atoms with E-state index in [2.05, 4.69) is 36.5 Å². The van der Waals surface area contributed by atoms with Gasteiger partial charge in [0.1, 0.15) is 0 Å². The Morgan fingerprint density at radius 1 is 1.47 bits per heavy atom. The van der Waals surface area contributed by atoms with Gasteiger partial charge in [-0.25, -0.2) is 0 Å². The lowest BCUT2D eigenvalue weighted by Gasteiger charge is -2.30. The van der Waals surface area contributed by atoms with Gasteiger partial charge >= 0.3 is 0 Å². The van der Waals surface area contributed by atoms with Crippen molar-refractivity contribution in [3.05, 3.63) is 35.4 Å². The molecule has 0 fully saturated rings. The summed E-state index contributed by atoms with van der Waals surface area (Å²) in [7, 11) is 1.75. The lowest BCUT2D eigenvalue weighted by molar-refractivity contribution is 0.117. The smallest absolute Gasteiger partial charge is 0.0667 e. The van der Waals surface area contributed by atoms with E-state index >= 15 is 0 Å². The highest BCUT2D eigenvalue weighted by Gasteiger charge is 2.24. The molecule has 2 rings (SSSR count). The van der Waals surface area contributed by atoms with Crippen molar-refractivity contribution >= 4 is 0 Å². The lowest BCUT2D eigenvalue weighted by atomic mass is 9.77. The molecule has 0 saturated carbocycles. The summed E-state index contributed by atoms with van der Waals surface area (Å²) in [6.07, 6.45) is 1.53. The van der Waals surface area contributed by atoms with E-state index in [0.29, 0.717) is 12.0 Å². The van der Waals surface area contributed by atoms with Gasteiger partial charge in [-0.3, -0.25) is 0 Å². The van der Waals surface area contributed by atoms with Crippen LogP contribution in [0.25, 0.3) is 0 Å². The monoisotopic (exact) mass is 205 g/mol. The zero-order chi connectivity index (χ0) is 10.7. The Balaban J connectivity index is 1.75. The molecule has 1 aliphatic carbocycles. The molecule has 2 unspecified atom stereocenters. The molecule has 1 aromatic carbocycles. The van der Waals surface area contributed by atoms with E-state index in [0.717, 1.165) is 13.1 Å². The van der Waals surface area contributed by atoms with Crippen molar-refractivity contribution in [3.63, 3.8) is 0 Å². The Morgan fingerprint density at radius 2 is 2.27 bits per heavy atom. The molecule has 0 amide bonds. The Morgan fingerprint density at radius 3 is 3.00 bits per heavy atom. The molecule has 0 spiro atoms. The summed E-state index contributed by atoms with van der Waals surface area (Å²) in [4.78, 5) is 0. The lowest BCUT2D eigenvalue weighted by Crippen LogP contribution is -2.33.